The summed E-state index contributed by atoms with van der Waals surface area (Å²) in [6.45, 7) is 6.67. The lowest BCUT2D eigenvalue weighted by Crippen LogP contribution is -1.92. The predicted octanol–water partition coefficient (Wildman–Crippen LogP) is 4.12. The molecule has 0 radical (unpaired) electrons. The molecular formula is C12H15NS. The van der Waals surface area contributed by atoms with Gasteiger partial charge in [-0.05, 0) is 41.9 Å². The van der Waals surface area contributed by atoms with E-state index in [4.69, 9.17) is 0 Å². The summed E-state index contributed by atoms with van der Waals surface area (Å²) < 4.78 is 5.63. The summed E-state index contributed by atoms with van der Waals surface area (Å²) in [4.78, 5) is 0. The van der Waals surface area contributed by atoms with E-state index in [9.17, 15) is 0 Å². The molecule has 1 aromatic carbocycles. The van der Waals surface area contributed by atoms with E-state index in [0.29, 0.717) is 5.92 Å². The van der Waals surface area contributed by atoms with Gasteiger partial charge in [0.25, 0.3) is 0 Å². The van der Waals surface area contributed by atoms with Gasteiger partial charge in [-0.2, -0.15) is 4.37 Å². The fourth-order valence-electron chi connectivity index (χ4n) is 1.76. The first kappa shape index (κ1) is 9.66. The van der Waals surface area contributed by atoms with Crippen molar-refractivity contribution in [3.63, 3.8) is 0 Å². The van der Waals surface area contributed by atoms with Gasteiger partial charge in [-0.15, -0.1) is 0 Å². The van der Waals surface area contributed by atoms with Crippen molar-refractivity contribution in [1.82, 2.24) is 4.37 Å². The van der Waals surface area contributed by atoms with Crippen LogP contribution >= 0.6 is 11.5 Å². The van der Waals surface area contributed by atoms with Gasteiger partial charge in [-0.25, -0.2) is 0 Å². The fourth-order valence-corrected chi connectivity index (χ4v) is 2.50. The molecular weight excluding hydrogens is 190 g/mol. The molecule has 0 aliphatic rings. The monoisotopic (exact) mass is 205 g/mol. The van der Waals surface area contributed by atoms with Crippen molar-refractivity contribution in [2.75, 3.05) is 0 Å². The highest BCUT2D eigenvalue weighted by atomic mass is 32.1. The van der Waals surface area contributed by atoms with E-state index in [1.165, 1.54) is 27.6 Å². The molecule has 14 heavy (non-hydrogen) atoms. The average molecular weight is 205 g/mol. The minimum atomic E-state index is 0.634. The third-order valence-corrected chi connectivity index (χ3v) is 3.83. The number of benzene rings is 1. The maximum absolute atomic E-state index is 4.28. The van der Waals surface area contributed by atoms with E-state index < -0.39 is 0 Å². The van der Waals surface area contributed by atoms with Crippen LogP contribution in [-0.2, 0) is 0 Å². The van der Waals surface area contributed by atoms with Crippen LogP contribution in [0.2, 0.25) is 0 Å². The van der Waals surface area contributed by atoms with Crippen molar-refractivity contribution in [3.05, 3.63) is 29.5 Å². The molecule has 0 spiro atoms. The second kappa shape index (κ2) is 3.70. The quantitative estimate of drug-likeness (QED) is 0.718. The maximum atomic E-state index is 4.28. The molecule has 0 fully saturated rings. The summed E-state index contributed by atoms with van der Waals surface area (Å²) in [6, 6.07) is 4.46. The van der Waals surface area contributed by atoms with Gasteiger partial charge < -0.3 is 0 Å². The molecule has 0 amide bonds. The summed E-state index contributed by atoms with van der Waals surface area (Å²) in [6.07, 6.45) is 3.20. The van der Waals surface area contributed by atoms with Gasteiger partial charge in [0, 0.05) is 11.6 Å². The number of hydrogen-bond donors (Lipinski definition) is 0. The molecule has 1 heterocycles. The Bertz CT molecular complexity index is 445. The van der Waals surface area contributed by atoms with Gasteiger partial charge in [0.05, 0.1) is 4.70 Å². The van der Waals surface area contributed by atoms with Crippen LogP contribution in [0.4, 0.5) is 0 Å². The van der Waals surface area contributed by atoms with Crippen LogP contribution in [0.5, 0.6) is 0 Å². The number of fused-ring (bicyclic) bond motifs is 1. The number of nitrogens with zero attached hydrogens (tertiary/aromatic N) is 1. The lowest BCUT2D eigenvalue weighted by atomic mass is 9.95. The molecule has 0 saturated carbocycles. The maximum Gasteiger partial charge on any atom is 0.0582 e. The second-order valence-corrected chi connectivity index (χ2v) is 4.65. The molecule has 1 nitrogen and oxygen atoms in total. The Balaban J connectivity index is 2.66. The van der Waals surface area contributed by atoms with Gasteiger partial charge in [-0.1, -0.05) is 26.0 Å². The Labute approximate surface area is 88.9 Å². The number of rotatable bonds is 2. The Hall–Kier alpha value is -0.890. The topological polar surface area (TPSA) is 12.9 Å². The van der Waals surface area contributed by atoms with Crippen molar-refractivity contribution in [3.8, 4) is 0 Å². The van der Waals surface area contributed by atoms with Crippen LogP contribution in [0.15, 0.2) is 18.3 Å². The van der Waals surface area contributed by atoms with E-state index in [-0.39, 0.29) is 0 Å². The van der Waals surface area contributed by atoms with E-state index in [0.717, 1.165) is 0 Å². The molecule has 2 heteroatoms. The van der Waals surface area contributed by atoms with E-state index in [1.54, 1.807) is 11.5 Å². The third kappa shape index (κ3) is 1.44. The molecule has 0 aliphatic carbocycles. The third-order valence-electron chi connectivity index (χ3n) is 2.90. The van der Waals surface area contributed by atoms with Crippen molar-refractivity contribution in [2.45, 2.75) is 33.1 Å². The zero-order valence-electron chi connectivity index (χ0n) is 8.87. The molecule has 2 rings (SSSR count). The summed E-state index contributed by atoms with van der Waals surface area (Å²) in [5.41, 5.74) is 2.79. The molecule has 1 unspecified atom stereocenters. The SMILES string of the molecule is CCC(C)c1ccc(C)c2sncc12. The lowest BCUT2D eigenvalue weighted by Gasteiger charge is -2.10. The molecule has 0 saturated heterocycles. The second-order valence-electron chi connectivity index (χ2n) is 3.85. The van der Waals surface area contributed by atoms with Gasteiger partial charge in [0.15, 0.2) is 0 Å². The normalized spacial score (nSPS) is 13.4. The highest BCUT2D eigenvalue weighted by Crippen LogP contribution is 2.31. The van der Waals surface area contributed by atoms with Crippen LogP contribution in [0.1, 0.15) is 37.3 Å². The fraction of sp³-hybridized carbons (Fsp3) is 0.417. The molecule has 0 bridgehead atoms. The smallest absolute Gasteiger partial charge is 0.0582 e. The van der Waals surface area contributed by atoms with Crippen LogP contribution in [0.25, 0.3) is 10.1 Å². The highest BCUT2D eigenvalue weighted by Gasteiger charge is 2.10. The first-order chi connectivity index (χ1) is 6.74. The molecule has 1 atom stereocenters. The number of aromatic nitrogens is 1. The minimum absolute atomic E-state index is 0.634. The van der Waals surface area contributed by atoms with Crippen molar-refractivity contribution in [1.29, 1.82) is 0 Å². The molecule has 0 aliphatic heterocycles. The minimum Gasteiger partial charge on any atom is -0.200 e. The summed E-state index contributed by atoms with van der Waals surface area (Å²) >= 11 is 1.61. The Kier molecular flexibility index (Phi) is 2.55. The predicted molar refractivity (Wildman–Crippen MR) is 63.1 cm³/mol. The van der Waals surface area contributed by atoms with Crippen LogP contribution in [0.3, 0.4) is 0 Å². The molecule has 74 valence electrons. The van der Waals surface area contributed by atoms with Gasteiger partial charge >= 0.3 is 0 Å². The van der Waals surface area contributed by atoms with E-state index in [2.05, 4.69) is 37.3 Å². The van der Waals surface area contributed by atoms with Gasteiger partial charge in [-0.3, -0.25) is 0 Å². The Morgan fingerprint density at radius 2 is 2.21 bits per heavy atom. The average Bonchev–Trinajstić information content (AvgIpc) is 2.67. The zero-order chi connectivity index (χ0) is 10.1. The zero-order valence-corrected chi connectivity index (χ0v) is 9.69. The van der Waals surface area contributed by atoms with Crippen molar-refractivity contribution < 1.29 is 0 Å². The molecule has 1 aromatic heterocycles. The van der Waals surface area contributed by atoms with E-state index in [1.807, 2.05) is 6.20 Å². The summed E-state index contributed by atoms with van der Waals surface area (Å²) in [7, 11) is 0. The van der Waals surface area contributed by atoms with Crippen LogP contribution < -0.4 is 0 Å². The van der Waals surface area contributed by atoms with Gasteiger partial charge in [0.1, 0.15) is 0 Å². The van der Waals surface area contributed by atoms with E-state index >= 15 is 0 Å². The number of aryl methyl sites for hydroxylation is 1. The molecule has 2 aromatic rings. The first-order valence-electron chi connectivity index (χ1n) is 5.08. The Morgan fingerprint density at radius 1 is 1.43 bits per heavy atom. The van der Waals surface area contributed by atoms with Crippen molar-refractivity contribution in [2.24, 2.45) is 0 Å². The summed E-state index contributed by atoms with van der Waals surface area (Å²) in [5.74, 6) is 0.634. The van der Waals surface area contributed by atoms with Crippen LogP contribution in [0, 0.1) is 6.92 Å². The number of hydrogen-bond acceptors (Lipinski definition) is 2. The lowest BCUT2D eigenvalue weighted by molar-refractivity contribution is 0.739. The van der Waals surface area contributed by atoms with Crippen LogP contribution in [-0.4, -0.2) is 4.37 Å². The van der Waals surface area contributed by atoms with Crippen molar-refractivity contribution >= 4 is 21.6 Å². The largest absolute Gasteiger partial charge is 0.200 e. The summed E-state index contributed by atoms with van der Waals surface area (Å²) in [5, 5.41) is 1.35. The molecule has 0 N–H and O–H groups in total. The Morgan fingerprint density at radius 3 is 2.93 bits per heavy atom. The highest BCUT2D eigenvalue weighted by molar-refractivity contribution is 7.13. The standard InChI is InChI=1S/C12H15NS/c1-4-8(2)10-6-5-9(3)12-11(10)7-13-14-12/h5-8H,4H2,1-3H3. The van der Waals surface area contributed by atoms with Gasteiger partial charge in [0.2, 0.25) is 0 Å². The first-order valence-corrected chi connectivity index (χ1v) is 5.85.